The number of rotatable bonds is 2. The molecule has 0 unspecified atom stereocenters. The second-order valence-corrected chi connectivity index (χ2v) is 6.94. The minimum atomic E-state index is -0.328. The summed E-state index contributed by atoms with van der Waals surface area (Å²) >= 11 is 1.41. The lowest BCUT2D eigenvalue weighted by Crippen LogP contribution is -2.51. The Bertz CT molecular complexity index is 1020. The number of aromatic amines is 1. The average molecular weight is 368 g/mol. The zero-order valence-electron chi connectivity index (χ0n) is 13.8. The molecule has 26 heavy (non-hydrogen) atoms. The molecule has 0 spiro atoms. The number of piperazine rings is 1. The summed E-state index contributed by atoms with van der Waals surface area (Å²) < 4.78 is 0. The predicted octanol–water partition coefficient (Wildman–Crippen LogP) is 1.58. The van der Waals surface area contributed by atoms with Gasteiger partial charge in [0.15, 0.2) is 5.82 Å². The smallest absolute Gasteiger partial charge is 0.289 e. The highest BCUT2D eigenvalue weighted by atomic mass is 32.1. The zero-order chi connectivity index (χ0) is 18.1. The molecular weight excluding hydrogens is 352 g/mol. The van der Waals surface area contributed by atoms with Gasteiger partial charge in [0, 0.05) is 26.2 Å². The SMILES string of the molecule is O=C(c1nc2ccccc2c(=O)[nH]1)N1CCN(C(=O)c2cccs2)CC1. The molecule has 4 rings (SSSR count). The minimum Gasteiger partial charge on any atom is -0.334 e. The van der Waals surface area contributed by atoms with E-state index >= 15 is 0 Å². The number of amides is 2. The number of H-pyrrole nitrogens is 1. The van der Waals surface area contributed by atoms with Gasteiger partial charge < -0.3 is 14.8 Å². The maximum absolute atomic E-state index is 12.7. The predicted molar refractivity (Wildman–Crippen MR) is 98.5 cm³/mol. The third-order valence-corrected chi connectivity index (χ3v) is 5.26. The number of hydrogen-bond donors (Lipinski definition) is 1. The fourth-order valence-electron chi connectivity index (χ4n) is 3.01. The lowest BCUT2D eigenvalue weighted by molar-refractivity contribution is 0.0531. The molecule has 8 heteroatoms. The van der Waals surface area contributed by atoms with Gasteiger partial charge in [-0.1, -0.05) is 18.2 Å². The first kappa shape index (κ1) is 16.5. The fourth-order valence-corrected chi connectivity index (χ4v) is 3.70. The molecule has 0 bridgehead atoms. The van der Waals surface area contributed by atoms with Gasteiger partial charge >= 0.3 is 0 Å². The van der Waals surface area contributed by atoms with Crippen molar-refractivity contribution in [3.05, 3.63) is 62.8 Å². The van der Waals surface area contributed by atoms with Crippen LogP contribution >= 0.6 is 11.3 Å². The number of fused-ring (bicyclic) bond motifs is 1. The van der Waals surface area contributed by atoms with Crippen LogP contribution < -0.4 is 5.56 Å². The number of thiophene rings is 1. The second-order valence-electron chi connectivity index (χ2n) is 5.99. The van der Waals surface area contributed by atoms with E-state index in [4.69, 9.17) is 0 Å². The summed E-state index contributed by atoms with van der Waals surface area (Å²) in [6.07, 6.45) is 0. The Morgan fingerprint density at radius 2 is 1.65 bits per heavy atom. The molecule has 2 aromatic heterocycles. The van der Waals surface area contributed by atoms with E-state index in [1.54, 1.807) is 40.1 Å². The van der Waals surface area contributed by atoms with Crippen LogP contribution in [0.3, 0.4) is 0 Å². The van der Waals surface area contributed by atoms with Crippen molar-refractivity contribution in [2.45, 2.75) is 0 Å². The zero-order valence-corrected chi connectivity index (χ0v) is 14.7. The average Bonchev–Trinajstić information content (AvgIpc) is 3.22. The van der Waals surface area contributed by atoms with Gasteiger partial charge in [0.2, 0.25) is 0 Å². The first-order valence-corrected chi connectivity index (χ1v) is 9.12. The molecule has 132 valence electrons. The molecule has 1 fully saturated rings. The fraction of sp³-hybridized carbons (Fsp3) is 0.222. The molecule has 2 amide bonds. The molecule has 1 N–H and O–H groups in total. The van der Waals surface area contributed by atoms with E-state index in [0.717, 1.165) is 0 Å². The van der Waals surface area contributed by atoms with Crippen molar-refractivity contribution in [1.82, 2.24) is 19.8 Å². The standard InChI is InChI=1S/C18H16N4O3S/c23-16-12-4-1-2-5-13(12)19-15(20-16)18(25)22-9-7-21(8-10-22)17(24)14-6-3-11-26-14/h1-6,11H,7-10H2,(H,19,20,23). The number of hydrogen-bond acceptors (Lipinski definition) is 5. The van der Waals surface area contributed by atoms with Gasteiger partial charge in [-0.05, 0) is 23.6 Å². The monoisotopic (exact) mass is 368 g/mol. The Kier molecular flexibility index (Phi) is 4.26. The molecular formula is C18H16N4O3S. The number of nitrogens with one attached hydrogen (secondary N) is 1. The Balaban J connectivity index is 1.49. The van der Waals surface area contributed by atoms with E-state index in [-0.39, 0.29) is 23.2 Å². The molecule has 0 atom stereocenters. The van der Waals surface area contributed by atoms with Gasteiger partial charge in [-0.2, -0.15) is 0 Å². The minimum absolute atomic E-state index is 0.00987. The van der Waals surface area contributed by atoms with Crippen LogP contribution in [0.15, 0.2) is 46.6 Å². The van der Waals surface area contributed by atoms with Crippen molar-refractivity contribution >= 4 is 34.1 Å². The summed E-state index contributed by atoms with van der Waals surface area (Å²) in [5.74, 6) is -0.299. The third-order valence-electron chi connectivity index (χ3n) is 4.40. The first-order valence-electron chi connectivity index (χ1n) is 8.24. The second kappa shape index (κ2) is 6.72. The summed E-state index contributed by atoms with van der Waals surface area (Å²) in [6.45, 7) is 1.74. The Morgan fingerprint density at radius 3 is 2.35 bits per heavy atom. The Labute approximate surface area is 152 Å². The van der Waals surface area contributed by atoms with Crippen LogP contribution in [-0.2, 0) is 0 Å². The van der Waals surface area contributed by atoms with E-state index in [2.05, 4.69) is 9.97 Å². The molecule has 3 heterocycles. The number of benzene rings is 1. The largest absolute Gasteiger partial charge is 0.334 e. The molecule has 1 aromatic carbocycles. The molecule has 1 saturated heterocycles. The van der Waals surface area contributed by atoms with Gasteiger partial charge in [-0.15, -0.1) is 11.3 Å². The van der Waals surface area contributed by atoms with Gasteiger partial charge in [0.1, 0.15) is 0 Å². The van der Waals surface area contributed by atoms with Crippen molar-refractivity contribution in [3.63, 3.8) is 0 Å². The van der Waals surface area contributed by atoms with E-state index < -0.39 is 0 Å². The summed E-state index contributed by atoms with van der Waals surface area (Å²) in [5, 5.41) is 2.32. The van der Waals surface area contributed by atoms with Crippen molar-refractivity contribution in [2.75, 3.05) is 26.2 Å². The number of nitrogens with zero attached hydrogens (tertiary/aromatic N) is 3. The first-order chi connectivity index (χ1) is 12.6. The highest BCUT2D eigenvalue weighted by molar-refractivity contribution is 7.12. The maximum atomic E-state index is 12.7. The van der Waals surface area contributed by atoms with E-state index in [9.17, 15) is 14.4 Å². The molecule has 1 aliphatic rings. The lowest BCUT2D eigenvalue weighted by atomic mass is 10.2. The molecule has 0 radical (unpaired) electrons. The van der Waals surface area contributed by atoms with E-state index in [0.29, 0.717) is 42.0 Å². The number of carbonyl (C=O) groups excluding carboxylic acids is 2. The van der Waals surface area contributed by atoms with E-state index in [1.807, 2.05) is 11.4 Å². The molecule has 1 aliphatic heterocycles. The summed E-state index contributed by atoms with van der Waals surface area (Å²) in [4.78, 5) is 48.1. The third kappa shape index (κ3) is 2.99. The summed E-state index contributed by atoms with van der Waals surface area (Å²) in [6, 6.07) is 10.6. The summed E-state index contributed by atoms with van der Waals surface area (Å²) in [5.41, 5.74) is 0.163. The van der Waals surface area contributed by atoms with Crippen LogP contribution in [0.2, 0.25) is 0 Å². The van der Waals surface area contributed by atoms with Crippen LogP contribution in [-0.4, -0.2) is 57.8 Å². The van der Waals surface area contributed by atoms with Crippen LogP contribution in [0, 0.1) is 0 Å². The van der Waals surface area contributed by atoms with Crippen molar-refractivity contribution in [2.24, 2.45) is 0 Å². The molecule has 0 aliphatic carbocycles. The normalized spacial score (nSPS) is 14.6. The molecule has 3 aromatic rings. The van der Waals surface area contributed by atoms with Crippen molar-refractivity contribution < 1.29 is 9.59 Å². The van der Waals surface area contributed by atoms with Gasteiger partial charge in [0.25, 0.3) is 17.4 Å². The molecule has 7 nitrogen and oxygen atoms in total. The van der Waals surface area contributed by atoms with Crippen LogP contribution in [0.1, 0.15) is 20.3 Å². The Morgan fingerprint density at radius 1 is 0.962 bits per heavy atom. The quantitative estimate of drug-likeness (QED) is 0.744. The van der Waals surface area contributed by atoms with Crippen LogP contribution in [0.5, 0.6) is 0 Å². The van der Waals surface area contributed by atoms with E-state index in [1.165, 1.54) is 11.3 Å². The van der Waals surface area contributed by atoms with Crippen molar-refractivity contribution in [3.8, 4) is 0 Å². The Hall–Kier alpha value is -3.00. The van der Waals surface area contributed by atoms with Gasteiger partial charge in [-0.25, -0.2) is 4.98 Å². The highest BCUT2D eigenvalue weighted by Crippen LogP contribution is 2.15. The number of carbonyl (C=O) groups is 2. The lowest BCUT2D eigenvalue weighted by Gasteiger charge is -2.34. The molecule has 0 saturated carbocycles. The van der Waals surface area contributed by atoms with Gasteiger partial charge in [-0.3, -0.25) is 14.4 Å². The van der Waals surface area contributed by atoms with Gasteiger partial charge in [0.05, 0.1) is 15.8 Å². The summed E-state index contributed by atoms with van der Waals surface area (Å²) in [7, 11) is 0. The number of para-hydroxylation sites is 1. The highest BCUT2D eigenvalue weighted by Gasteiger charge is 2.27. The van der Waals surface area contributed by atoms with Crippen molar-refractivity contribution in [1.29, 1.82) is 0 Å². The maximum Gasteiger partial charge on any atom is 0.289 e. The number of aromatic nitrogens is 2. The topological polar surface area (TPSA) is 86.4 Å². The van der Waals surface area contributed by atoms with Crippen LogP contribution in [0.4, 0.5) is 0 Å². The van der Waals surface area contributed by atoms with Crippen LogP contribution in [0.25, 0.3) is 10.9 Å².